The molecule has 0 spiro atoms. The van der Waals surface area contributed by atoms with Crippen LogP contribution in [0.3, 0.4) is 0 Å². The van der Waals surface area contributed by atoms with Crippen molar-refractivity contribution in [1.29, 1.82) is 5.26 Å². The van der Waals surface area contributed by atoms with Gasteiger partial charge in [-0.15, -0.1) is 11.8 Å². The lowest BCUT2D eigenvalue weighted by atomic mass is 10.0. The summed E-state index contributed by atoms with van der Waals surface area (Å²) in [4.78, 5) is 39.4. The van der Waals surface area contributed by atoms with Crippen LogP contribution in [0.1, 0.15) is 36.7 Å². The van der Waals surface area contributed by atoms with E-state index in [0.717, 1.165) is 22.8 Å². The summed E-state index contributed by atoms with van der Waals surface area (Å²) in [6.07, 6.45) is 1.57. The third kappa shape index (κ3) is 5.81. The fraction of sp³-hybridized carbons (Fsp3) is 0.400. The van der Waals surface area contributed by atoms with Crippen LogP contribution in [0.25, 0.3) is 0 Å². The molecule has 4 N–H and O–H groups in total. The van der Waals surface area contributed by atoms with Crippen molar-refractivity contribution in [3.8, 4) is 11.8 Å². The molecule has 34 heavy (non-hydrogen) atoms. The number of esters is 1. The second-order valence-corrected chi connectivity index (χ2v) is 8.79. The number of hydrogen-bond acceptors (Lipinski definition) is 12. The van der Waals surface area contributed by atoms with E-state index in [-0.39, 0.29) is 16.9 Å². The summed E-state index contributed by atoms with van der Waals surface area (Å²) in [5.41, 5.74) is -3.49. The van der Waals surface area contributed by atoms with Crippen molar-refractivity contribution < 1.29 is 34.2 Å². The summed E-state index contributed by atoms with van der Waals surface area (Å²) in [5, 5.41) is 41.0. The number of carbonyl (C=O) groups excluding carboxylic acids is 1. The van der Waals surface area contributed by atoms with Crippen molar-refractivity contribution in [2.24, 2.45) is 16.8 Å². The Bertz CT molecular complexity index is 1110. The molecule has 2 unspecified atom stereocenters. The first-order valence-corrected chi connectivity index (χ1v) is 11.0. The maximum absolute atomic E-state index is 12.7. The normalized spacial score (nSPS) is 16.9. The van der Waals surface area contributed by atoms with E-state index in [4.69, 9.17) is 15.3 Å². The van der Waals surface area contributed by atoms with E-state index >= 15 is 0 Å². The van der Waals surface area contributed by atoms with E-state index in [1.807, 2.05) is 6.07 Å². The average Bonchev–Trinajstić information content (AvgIpc) is 2.74. The number of aliphatic hydroxyl groups is 1. The summed E-state index contributed by atoms with van der Waals surface area (Å²) in [5.74, 6) is 0.985. The van der Waals surface area contributed by atoms with Gasteiger partial charge in [-0.25, -0.2) is 20.6 Å². The Balaban J connectivity index is 2.73. The molecule has 1 aromatic carbocycles. The molecule has 13 nitrogen and oxygen atoms in total. The average molecular weight is 493 g/mol. The second kappa shape index (κ2) is 10.5. The molecule has 2 atom stereocenters. The van der Waals surface area contributed by atoms with Crippen molar-refractivity contribution in [3.63, 3.8) is 0 Å². The van der Waals surface area contributed by atoms with Gasteiger partial charge in [0, 0.05) is 0 Å². The van der Waals surface area contributed by atoms with Crippen molar-refractivity contribution >= 4 is 29.4 Å². The Morgan fingerprint density at radius 2 is 2.09 bits per heavy atom. The molecular weight excluding hydrogens is 470 g/mol. The van der Waals surface area contributed by atoms with Crippen LogP contribution in [0.4, 0.5) is 0 Å². The highest BCUT2D eigenvalue weighted by atomic mass is 32.2. The highest BCUT2D eigenvalue weighted by Gasteiger charge is 2.44. The number of nitrogens with zero attached hydrogens (tertiary/aromatic N) is 4. The molecule has 1 aliphatic rings. The molecule has 0 amide bonds. The van der Waals surface area contributed by atoms with Crippen molar-refractivity contribution in [2.45, 2.75) is 31.9 Å². The molecule has 1 aliphatic heterocycles. The maximum atomic E-state index is 12.7. The maximum Gasteiger partial charge on any atom is 0.352 e. The van der Waals surface area contributed by atoms with Crippen molar-refractivity contribution in [1.82, 2.24) is 5.01 Å². The van der Waals surface area contributed by atoms with Crippen LogP contribution in [-0.4, -0.2) is 61.8 Å². The Labute approximate surface area is 198 Å². The predicted molar refractivity (Wildman–Crippen MR) is 120 cm³/mol. The minimum absolute atomic E-state index is 0.0685. The van der Waals surface area contributed by atoms with E-state index in [1.54, 1.807) is 27.0 Å². The zero-order valence-corrected chi connectivity index (χ0v) is 19.5. The van der Waals surface area contributed by atoms with E-state index in [1.165, 1.54) is 12.1 Å². The van der Waals surface area contributed by atoms with Crippen LogP contribution in [0, 0.1) is 27.4 Å². The molecule has 0 saturated heterocycles. The van der Waals surface area contributed by atoms with Gasteiger partial charge in [0.2, 0.25) is 0 Å². The monoisotopic (exact) mass is 493 g/mol. The van der Waals surface area contributed by atoms with Gasteiger partial charge < -0.3 is 19.7 Å². The van der Waals surface area contributed by atoms with Gasteiger partial charge in [0.15, 0.2) is 5.50 Å². The molecule has 0 aromatic heterocycles. The lowest BCUT2D eigenvalue weighted by Crippen LogP contribution is -2.47. The largest absolute Gasteiger partial charge is 0.481 e. The molecule has 0 radical (unpaired) electrons. The fourth-order valence-electron chi connectivity index (χ4n) is 2.83. The van der Waals surface area contributed by atoms with Crippen LogP contribution in [0.5, 0.6) is 5.75 Å². The van der Waals surface area contributed by atoms with Gasteiger partial charge in [-0.1, -0.05) is 0 Å². The van der Waals surface area contributed by atoms with Gasteiger partial charge in [0.05, 0.1) is 23.2 Å². The third-order valence-electron chi connectivity index (χ3n) is 4.31. The zero-order valence-electron chi connectivity index (χ0n) is 18.7. The minimum Gasteiger partial charge on any atom is -0.481 e. The standard InChI is InChI=1S/C20H23N5O8S/c1-20(2,3)33-18(29)11-6-5-10(8-21)7-13(11)32-16-15(25(30)31)14(12(9-26)17(27)28)23-19(34-4)24(16)22/h5-7,12,19,26H,9,22H2,1-4H3,(H,27,28). The zero-order chi connectivity index (χ0) is 25.8. The Morgan fingerprint density at radius 1 is 1.44 bits per heavy atom. The van der Waals surface area contributed by atoms with Crippen LogP contribution >= 0.6 is 11.8 Å². The van der Waals surface area contributed by atoms with E-state index in [0.29, 0.717) is 0 Å². The number of nitrogens with two attached hydrogens (primary N) is 1. The Hall–Kier alpha value is -3.67. The first kappa shape index (κ1) is 26.6. The van der Waals surface area contributed by atoms with Crippen LogP contribution in [-0.2, 0) is 9.53 Å². The number of hydrazine groups is 1. The molecule has 14 heteroatoms. The smallest absolute Gasteiger partial charge is 0.352 e. The lowest BCUT2D eigenvalue weighted by Gasteiger charge is -2.31. The number of rotatable bonds is 8. The molecule has 1 heterocycles. The number of carbonyl (C=O) groups is 2. The molecule has 0 aliphatic carbocycles. The van der Waals surface area contributed by atoms with Gasteiger partial charge in [0.25, 0.3) is 5.88 Å². The third-order valence-corrected chi connectivity index (χ3v) is 5.06. The van der Waals surface area contributed by atoms with Crippen LogP contribution < -0.4 is 10.6 Å². The highest BCUT2D eigenvalue weighted by molar-refractivity contribution is 7.99. The van der Waals surface area contributed by atoms with Gasteiger partial charge >= 0.3 is 17.6 Å². The number of allylic oxidation sites excluding steroid dienone is 1. The number of nitriles is 1. The fourth-order valence-corrected chi connectivity index (χ4v) is 3.37. The molecule has 0 saturated carbocycles. The number of aliphatic hydroxyl groups excluding tert-OH is 1. The number of aliphatic imine (C=N–C) groups is 1. The first-order chi connectivity index (χ1) is 15.8. The number of thioether (sulfide) groups is 1. The molecule has 182 valence electrons. The molecule has 0 fully saturated rings. The lowest BCUT2D eigenvalue weighted by molar-refractivity contribution is -0.420. The summed E-state index contributed by atoms with van der Waals surface area (Å²) >= 11 is 1.01. The molecular formula is C20H23N5O8S. The quantitative estimate of drug-likeness (QED) is 0.203. The summed E-state index contributed by atoms with van der Waals surface area (Å²) < 4.78 is 11.0. The van der Waals surface area contributed by atoms with E-state index in [9.17, 15) is 35.2 Å². The first-order valence-electron chi connectivity index (χ1n) is 9.67. The summed E-state index contributed by atoms with van der Waals surface area (Å²) in [7, 11) is 0. The summed E-state index contributed by atoms with van der Waals surface area (Å²) in [6.45, 7) is 3.94. The highest BCUT2D eigenvalue weighted by Crippen LogP contribution is 2.32. The number of carboxylic acids is 1. The van der Waals surface area contributed by atoms with Crippen LogP contribution in [0.15, 0.2) is 34.8 Å². The van der Waals surface area contributed by atoms with Crippen molar-refractivity contribution in [2.75, 3.05) is 12.9 Å². The number of ether oxygens (including phenoxy) is 2. The van der Waals surface area contributed by atoms with Crippen LogP contribution in [0.2, 0.25) is 0 Å². The van der Waals surface area contributed by atoms with Gasteiger partial charge in [-0.3, -0.25) is 14.9 Å². The number of benzene rings is 1. The topological polar surface area (TPSA) is 202 Å². The number of nitro groups is 1. The number of carboxylic acid groups (broad SMARTS) is 1. The van der Waals surface area contributed by atoms with Gasteiger partial charge in [0.1, 0.15) is 28.5 Å². The minimum atomic E-state index is -1.74. The van der Waals surface area contributed by atoms with E-state index in [2.05, 4.69) is 4.99 Å². The Kier molecular flexibility index (Phi) is 8.22. The Morgan fingerprint density at radius 3 is 2.56 bits per heavy atom. The second-order valence-electron chi connectivity index (χ2n) is 7.89. The van der Waals surface area contributed by atoms with Gasteiger partial charge in [-0.05, 0) is 45.2 Å². The predicted octanol–water partition coefficient (Wildman–Crippen LogP) is 1.31. The number of aliphatic carboxylic acids is 1. The van der Waals surface area contributed by atoms with Gasteiger partial charge in [-0.2, -0.15) is 5.26 Å². The van der Waals surface area contributed by atoms with Crippen molar-refractivity contribution in [3.05, 3.63) is 51.0 Å². The summed E-state index contributed by atoms with van der Waals surface area (Å²) in [6, 6.07) is 5.62. The number of hydrogen-bond donors (Lipinski definition) is 3. The SMILES string of the molecule is CSC1N=C(C(CO)C(=O)O)C([N+](=O)[O-])=C(Oc2cc(C#N)ccc2C(=O)OC(C)(C)C)N1N. The van der Waals surface area contributed by atoms with E-state index < -0.39 is 57.8 Å². The molecule has 0 bridgehead atoms. The molecule has 2 rings (SSSR count). The molecule has 1 aromatic rings.